The standard InChI is InChI=1S/C16H23NO4S/c1-4-21-16(18)14-6-5-9-17(11-14)22(19,20)15-8-7-12(2)10-13(15)3/h7-8,10,14H,4-6,9,11H2,1-3H3/t14-/m1/s1. The minimum absolute atomic E-state index is 0.203. The summed E-state index contributed by atoms with van der Waals surface area (Å²) in [4.78, 5) is 12.2. The fraction of sp³-hybridized carbons (Fsp3) is 0.562. The number of aryl methyl sites for hydroxylation is 2. The molecule has 5 nitrogen and oxygen atoms in total. The number of rotatable bonds is 4. The first-order valence-electron chi connectivity index (χ1n) is 7.60. The second-order valence-corrected chi connectivity index (χ2v) is 7.63. The Hall–Kier alpha value is -1.40. The summed E-state index contributed by atoms with van der Waals surface area (Å²) < 4.78 is 32.1. The summed E-state index contributed by atoms with van der Waals surface area (Å²) in [5.41, 5.74) is 1.76. The molecule has 0 N–H and O–H groups in total. The predicted molar refractivity (Wildman–Crippen MR) is 84.0 cm³/mol. The Kier molecular flexibility index (Phi) is 5.24. The summed E-state index contributed by atoms with van der Waals surface area (Å²) in [6, 6.07) is 5.31. The molecule has 1 aliphatic rings. The molecule has 0 spiro atoms. The fourth-order valence-electron chi connectivity index (χ4n) is 2.84. The maximum absolute atomic E-state index is 12.8. The van der Waals surface area contributed by atoms with Crippen molar-refractivity contribution in [2.75, 3.05) is 19.7 Å². The summed E-state index contributed by atoms with van der Waals surface area (Å²) in [5, 5.41) is 0. The Morgan fingerprint density at radius 2 is 2.09 bits per heavy atom. The Bertz CT molecular complexity index is 654. The van der Waals surface area contributed by atoms with Gasteiger partial charge in [-0.25, -0.2) is 8.42 Å². The van der Waals surface area contributed by atoms with Gasteiger partial charge in [0, 0.05) is 13.1 Å². The number of ether oxygens (including phenoxy) is 1. The third-order valence-corrected chi connectivity index (χ3v) is 5.98. The predicted octanol–water partition coefficient (Wildman–Crippen LogP) is 2.27. The zero-order valence-electron chi connectivity index (χ0n) is 13.3. The first-order valence-corrected chi connectivity index (χ1v) is 9.04. The quantitative estimate of drug-likeness (QED) is 0.797. The zero-order chi connectivity index (χ0) is 16.3. The molecule has 1 aromatic rings. The van der Waals surface area contributed by atoms with Crippen molar-refractivity contribution in [3.63, 3.8) is 0 Å². The van der Waals surface area contributed by atoms with Gasteiger partial charge in [-0.2, -0.15) is 4.31 Å². The average molecular weight is 325 g/mol. The van der Waals surface area contributed by atoms with E-state index in [0.29, 0.717) is 30.9 Å². The van der Waals surface area contributed by atoms with E-state index in [1.807, 2.05) is 13.0 Å². The maximum Gasteiger partial charge on any atom is 0.310 e. The number of esters is 1. The van der Waals surface area contributed by atoms with Crippen LogP contribution in [0.5, 0.6) is 0 Å². The Labute approximate surface area is 132 Å². The highest BCUT2D eigenvalue weighted by atomic mass is 32.2. The van der Waals surface area contributed by atoms with Crippen LogP contribution in [0.3, 0.4) is 0 Å². The molecule has 0 amide bonds. The third-order valence-electron chi connectivity index (χ3n) is 3.95. The summed E-state index contributed by atoms with van der Waals surface area (Å²) in [6.07, 6.45) is 1.35. The number of hydrogen-bond donors (Lipinski definition) is 0. The van der Waals surface area contributed by atoms with Crippen LogP contribution < -0.4 is 0 Å². The molecule has 1 aliphatic heterocycles. The topological polar surface area (TPSA) is 63.7 Å². The van der Waals surface area contributed by atoms with Crippen LogP contribution in [0.15, 0.2) is 23.1 Å². The molecule has 0 radical (unpaired) electrons. The highest BCUT2D eigenvalue weighted by Crippen LogP contribution is 2.26. The van der Waals surface area contributed by atoms with Crippen molar-refractivity contribution in [2.45, 2.75) is 38.5 Å². The summed E-state index contributed by atoms with van der Waals surface area (Å²) in [5.74, 6) is -0.669. The first-order chi connectivity index (χ1) is 10.4. The molecule has 0 saturated carbocycles. The summed E-state index contributed by atoms with van der Waals surface area (Å²) in [7, 11) is -3.57. The van der Waals surface area contributed by atoms with Gasteiger partial charge in [-0.15, -0.1) is 0 Å². The van der Waals surface area contributed by atoms with Crippen LogP contribution in [0.2, 0.25) is 0 Å². The first kappa shape index (κ1) is 17.0. The van der Waals surface area contributed by atoms with Gasteiger partial charge in [0.2, 0.25) is 10.0 Å². The van der Waals surface area contributed by atoms with Gasteiger partial charge < -0.3 is 4.74 Å². The highest BCUT2D eigenvalue weighted by molar-refractivity contribution is 7.89. The lowest BCUT2D eigenvalue weighted by atomic mass is 10.0. The minimum Gasteiger partial charge on any atom is -0.466 e. The van der Waals surface area contributed by atoms with Crippen molar-refractivity contribution >= 4 is 16.0 Å². The summed E-state index contributed by atoms with van der Waals surface area (Å²) in [6.45, 7) is 6.46. The molecule has 1 fully saturated rings. The van der Waals surface area contributed by atoms with Gasteiger partial charge >= 0.3 is 5.97 Å². The average Bonchev–Trinajstić information content (AvgIpc) is 2.47. The smallest absolute Gasteiger partial charge is 0.310 e. The normalized spacial score (nSPS) is 19.9. The lowest BCUT2D eigenvalue weighted by Crippen LogP contribution is -2.42. The number of carbonyl (C=O) groups excluding carboxylic acids is 1. The lowest BCUT2D eigenvalue weighted by Gasteiger charge is -2.31. The van der Waals surface area contributed by atoms with Gasteiger partial charge in [-0.1, -0.05) is 17.7 Å². The van der Waals surface area contributed by atoms with Crippen LogP contribution in [0, 0.1) is 19.8 Å². The number of benzene rings is 1. The van der Waals surface area contributed by atoms with Crippen LogP contribution in [0.25, 0.3) is 0 Å². The molecule has 122 valence electrons. The van der Waals surface area contributed by atoms with Crippen molar-refractivity contribution in [3.05, 3.63) is 29.3 Å². The van der Waals surface area contributed by atoms with Crippen molar-refractivity contribution in [1.82, 2.24) is 4.31 Å². The Morgan fingerprint density at radius 1 is 1.36 bits per heavy atom. The number of piperidine rings is 1. The van der Waals surface area contributed by atoms with Crippen LogP contribution in [0.1, 0.15) is 30.9 Å². The van der Waals surface area contributed by atoms with E-state index in [4.69, 9.17) is 4.74 Å². The minimum atomic E-state index is -3.57. The van der Waals surface area contributed by atoms with Crippen molar-refractivity contribution < 1.29 is 17.9 Å². The molecule has 6 heteroatoms. The molecule has 2 rings (SSSR count). The molecule has 0 aromatic heterocycles. The van der Waals surface area contributed by atoms with Crippen LogP contribution in [-0.4, -0.2) is 38.4 Å². The Morgan fingerprint density at radius 3 is 2.73 bits per heavy atom. The van der Waals surface area contributed by atoms with E-state index in [0.717, 1.165) is 11.1 Å². The lowest BCUT2D eigenvalue weighted by molar-refractivity contribution is -0.149. The number of nitrogens with zero attached hydrogens (tertiary/aromatic N) is 1. The van der Waals surface area contributed by atoms with E-state index in [2.05, 4.69) is 0 Å². The number of hydrogen-bond acceptors (Lipinski definition) is 4. The van der Waals surface area contributed by atoms with Crippen molar-refractivity contribution in [2.24, 2.45) is 5.92 Å². The van der Waals surface area contributed by atoms with E-state index in [1.165, 1.54) is 4.31 Å². The van der Waals surface area contributed by atoms with E-state index in [-0.39, 0.29) is 18.4 Å². The van der Waals surface area contributed by atoms with Gasteiger partial charge in [-0.3, -0.25) is 4.79 Å². The maximum atomic E-state index is 12.8. The third kappa shape index (κ3) is 3.50. The molecular weight excluding hydrogens is 302 g/mol. The van der Waals surface area contributed by atoms with E-state index >= 15 is 0 Å². The monoisotopic (exact) mass is 325 g/mol. The number of carbonyl (C=O) groups is 1. The van der Waals surface area contributed by atoms with Gasteiger partial charge in [0.05, 0.1) is 17.4 Å². The number of sulfonamides is 1. The molecule has 1 atom stereocenters. The molecule has 1 aromatic carbocycles. The van der Waals surface area contributed by atoms with Gasteiger partial charge in [0.25, 0.3) is 0 Å². The van der Waals surface area contributed by atoms with Crippen molar-refractivity contribution in [3.8, 4) is 0 Å². The van der Waals surface area contributed by atoms with Crippen LogP contribution in [-0.2, 0) is 19.6 Å². The van der Waals surface area contributed by atoms with Gasteiger partial charge in [-0.05, 0) is 45.2 Å². The molecular formula is C16H23NO4S. The van der Waals surface area contributed by atoms with Gasteiger partial charge in [0.1, 0.15) is 0 Å². The summed E-state index contributed by atoms with van der Waals surface area (Å²) >= 11 is 0. The zero-order valence-corrected chi connectivity index (χ0v) is 14.1. The molecule has 0 bridgehead atoms. The second-order valence-electron chi connectivity index (χ2n) is 5.72. The Balaban J connectivity index is 2.23. The largest absolute Gasteiger partial charge is 0.466 e. The van der Waals surface area contributed by atoms with Gasteiger partial charge in [0.15, 0.2) is 0 Å². The molecule has 1 heterocycles. The molecule has 0 unspecified atom stereocenters. The highest BCUT2D eigenvalue weighted by Gasteiger charge is 2.34. The second kappa shape index (κ2) is 6.79. The SMILES string of the molecule is CCOC(=O)[C@@H]1CCCN(S(=O)(=O)c2ccc(C)cc2C)C1. The fourth-order valence-corrected chi connectivity index (χ4v) is 4.57. The van der Waals surface area contributed by atoms with E-state index in [1.54, 1.807) is 26.0 Å². The molecule has 1 saturated heterocycles. The molecule has 0 aliphatic carbocycles. The molecule has 22 heavy (non-hydrogen) atoms. The van der Waals surface area contributed by atoms with Crippen LogP contribution >= 0.6 is 0 Å². The van der Waals surface area contributed by atoms with E-state index in [9.17, 15) is 13.2 Å². The van der Waals surface area contributed by atoms with E-state index < -0.39 is 10.0 Å². The van der Waals surface area contributed by atoms with Crippen molar-refractivity contribution in [1.29, 1.82) is 0 Å². The van der Waals surface area contributed by atoms with Crippen LogP contribution in [0.4, 0.5) is 0 Å².